The lowest BCUT2D eigenvalue weighted by atomic mass is 9.91. The first-order valence-electron chi connectivity index (χ1n) is 9.76. The van der Waals surface area contributed by atoms with E-state index in [-0.39, 0.29) is 29.3 Å². The zero-order valence-electron chi connectivity index (χ0n) is 16.2. The Morgan fingerprint density at radius 1 is 1.23 bits per heavy atom. The standard InChI is InChI=1S/C20H23FN8O/c21-14-8-13(18(23)30)19(29-20(14)28-16-4-2-1-3-15(16)22)27-12-5-6-24-17(7-12)11-9-25-26-10-11/h5-10,15-16H,1-4,22H2,(H2,23,30)(H,25,26)(H2,24,27,28,29)/t15?,16-/m1/s1. The van der Waals surface area contributed by atoms with E-state index in [4.69, 9.17) is 11.5 Å². The Bertz CT molecular complexity index is 1040. The van der Waals surface area contributed by atoms with Crippen LogP contribution in [0.1, 0.15) is 36.0 Å². The van der Waals surface area contributed by atoms with E-state index in [9.17, 15) is 9.18 Å². The molecule has 3 aromatic rings. The number of aromatic nitrogens is 4. The molecule has 4 rings (SSSR count). The van der Waals surface area contributed by atoms with Crippen molar-refractivity contribution in [3.8, 4) is 11.3 Å². The van der Waals surface area contributed by atoms with Gasteiger partial charge in [0.25, 0.3) is 5.91 Å². The van der Waals surface area contributed by atoms with Crippen LogP contribution in [0.5, 0.6) is 0 Å². The number of rotatable bonds is 6. The Morgan fingerprint density at radius 3 is 2.80 bits per heavy atom. The fraction of sp³-hybridized carbons (Fsp3) is 0.300. The summed E-state index contributed by atoms with van der Waals surface area (Å²) in [5.74, 6) is -1.25. The highest BCUT2D eigenvalue weighted by atomic mass is 19.1. The maximum atomic E-state index is 14.6. The third-order valence-electron chi connectivity index (χ3n) is 5.20. The van der Waals surface area contributed by atoms with Crippen LogP contribution in [0.2, 0.25) is 0 Å². The normalized spacial score (nSPS) is 18.7. The van der Waals surface area contributed by atoms with Crippen molar-refractivity contribution in [3.63, 3.8) is 0 Å². The van der Waals surface area contributed by atoms with E-state index >= 15 is 0 Å². The minimum atomic E-state index is -0.783. The van der Waals surface area contributed by atoms with Crippen molar-refractivity contribution in [1.29, 1.82) is 0 Å². The number of hydrogen-bond donors (Lipinski definition) is 5. The summed E-state index contributed by atoms with van der Waals surface area (Å²) >= 11 is 0. The number of nitrogens with one attached hydrogen (secondary N) is 3. The van der Waals surface area contributed by atoms with Crippen molar-refractivity contribution >= 4 is 23.2 Å². The summed E-state index contributed by atoms with van der Waals surface area (Å²) in [5.41, 5.74) is 13.6. The van der Waals surface area contributed by atoms with Gasteiger partial charge in [0.1, 0.15) is 5.82 Å². The SMILES string of the molecule is NC(=O)c1cc(F)c(N[C@@H]2CCCCC2N)nc1Nc1ccnc(-c2cn[nH]c2)c1. The Labute approximate surface area is 172 Å². The van der Waals surface area contributed by atoms with Crippen LogP contribution < -0.4 is 22.1 Å². The van der Waals surface area contributed by atoms with Gasteiger partial charge >= 0.3 is 0 Å². The van der Waals surface area contributed by atoms with Gasteiger partial charge < -0.3 is 22.1 Å². The Morgan fingerprint density at radius 2 is 2.07 bits per heavy atom. The van der Waals surface area contributed by atoms with Gasteiger partial charge in [-0.2, -0.15) is 5.10 Å². The molecule has 10 heteroatoms. The summed E-state index contributed by atoms with van der Waals surface area (Å²) in [5, 5.41) is 12.8. The number of pyridine rings is 2. The van der Waals surface area contributed by atoms with E-state index in [2.05, 4.69) is 30.8 Å². The molecular weight excluding hydrogens is 387 g/mol. The molecule has 30 heavy (non-hydrogen) atoms. The number of carbonyl (C=O) groups is 1. The molecule has 1 amide bonds. The number of primary amides is 1. The van der Waals surface area contributed by atoms with Gasteiger partial charge in [-0.3, -0.25) is 14.9 Å². The van der Waals surface area contributed by atoms with Crippen LogP contribution in [0, 0.1) is 5.82 Å². The second kappa shape index (κ2) is 8.46. The number of amides is 1. The molecule has 0 bridgehead atoms. The highest BCUT2D eigenvalue weighted by Gasteiger charge is 2.24. The average molecular weight is 410 g/mol. The van der Waals surface area contributed by atoms with Crippen LogP contribution in [-0.4, -0.2) is 38.2 Å². The van der Waals surface area contributed by atoms with Gasteiger partial charge in [0, 0.05) is 35.7 Å². The number of H-pyrrole nitrogens is 1. The minimum absolute atomic E-state index is 0.0361. The summed E-state index contributed by atoms with van der Waals surface area (Å²) < 4.78 is 14.6. The summed E-state index contributed by atoms with van der Waals surface area (Å²) in [4.78, 5) is 20.5. The molecule has 9 nitrogen and oxygen atoms in total. The summed E-state index contributed by atoms with van der Waals surface area (Å²) in [6, 6.07) is 4.41. The Hall–Kier alpha value is -3.53. The van der Waals surface area contributed by atoms with E-state index in [1.54, 1.807) is 30.7 Å². The molecule has 1 aliphatic carbocycles. The maximum Gasteiger partial charge on any atom is 0.252 e. The fourth-order valence-corrected chi connectivity index (χ4v) is 3.58. The third kappa shape index (κ3) is 4.23. The number of anilines is 3. The minimum Gasteiger partial charge on any atom is -0.365 e. The predicted octanol–water partition coefficient (Wildman–Crippen LogP) is 2.53. The number of hydrogen-bond acceptors (Lipinski definition) is 7. The topological polar surface area (TPSA) is 148 Å². The van der Waals surface area contributed by atoms with Gasteiger partial charge in [-0.15, -0.1) is 0 Å². The molecule has 0 aromatic carbocycles. The van der Waals surface area contributed by atoms with Crippen molar-refractivity contribution in [2.45, 2.75) is 37.8 Å². The van der Waals surface area contributed by atoms with Gasteiger partial charge in [-0.1, -0.05) is 12.8 Å². The maximum absolute atomic E-state index is 14.6. The molecule has 0 aliphatic heterocycles. The molecule has 7 N–H and O–H groups in total. The van der Waals surface area contributed by atoms with E-state index in [0.29, 0.717) is 11.4 Å². The van der Waals surface area contributed by atoms with Crippen LogP contribution in [0.25, 0.3) is 11.3 Å². The number of nitrogens with two attached hydrogens (primary N) is 2. The molecule has 3 heterocycles. The zero-order chi connectivity index (χ0) is 21.1. The molecule has 2 atom stereocenters. The first kappa shape index (κ1) is 19.8. The number of aromatic amines is 1. The smallest absolute Gasteiger partial charge is 0.252 e. The summed E-state index contributed by atoms with van der Waals surface area (Å²) in [6.45, 7) is 0. The number of halogens is 1. The van der Waals surface area contributed by atoms with Crippen molar-refractivity contribution in [2.75, 3.05) is 10.6 Å². The quantitative estimate of drug-likeness (QED) is 0.419. The monoisotopic (exact) mass is 410 g/mol. The molecule has 1 saturated carbocycles. The molecule has 1 fully saturated rings. The van der Waals surface area contributed by atoms with Gasteiger partial charge in [-0.25, -0.2) is 9.37 Å². The second-order valence-electron chi connectivity index (χ2n) is 7.32. The lowest BCUT2D eigenvalue weighted by molar-refractivity contribution is 0.100. The number of carbonyl (C=O) groups excluding carboxylic acids is 1. The van der Waals surface area contributed by atoms with Gasteiger partial charge in [0.15, 0.2) is 11.6 Å². The lowest BCUT2D eigenvalue weighted by Crippen LogP contribution is -2.43. The molecule has 1 unspecified atom stereocenters. The zero-order valence-corrected chi connectivity index (χ0v) is 16.2. The van der Waals surface area contributed by atoms with E-state index in [1.165, 1.54) is 0 Å². The molecule has 0 radical (unpaired) electrons. The molecule has 3 aromatic heterocycles. The van der Waals surface area contributed by atoms with Crippen LogP contribution in [-0.2, 0) is 0 Å². The van der Waals surface area contributed by atoms with Crippen LogP contribution in [0.15, 0.2) is 36.8 Å². The van der Waals surface area contributed by atoms with Crippen LogP contribution >= 0.6 is 0 Å². The summed E-state index contributed by atoms with van der Waals surface area (Å²) in [6.07, 6.45) is 8.75. The second-order valence-corrected chi connectivity index (χ2v) is 7.32. The third-order valence-corrected chi connectivity index (χ3v) is 5.20. The van der Waals surface area contributed by atoms with Crippen molar-refractivity contribution in [2.24, 2.45) is 11.5 Å². The Kier molecular flexibility index (Phi) is 5.57. The molecule has 0 spiro atoms. The lowest BCUT2D eigenvalue weighted by Gasteiger charge is -2.30. The Balaban J connectivity index is 1.64. The molecule has 156 valence electrons. The average Bonchev–Trinajstić information content (AvgIpc) is 3.27. The van der Waals surface area contributed by atoms with Crippen molar-refractivity contribution in [1.82, 2.24) is 20.2 Å². The molecular formula is C20H23FN8O. The van der Waals surface area contributed by atoms with E-state index < -0.39 is 11.7 Å². The highest BCUT2D eigenvalue weighted by Crippen LogP contribution is 2.27. The first-order valence-corrected chi connectivity index (χ1v) is 9.76. The number of nitrogens with zero attached hydrogens (tertiary/aromatic N) is 3. The van der Waals surface area contributed by atoms with Crippen molar-refractivity contribution < 1.29 is 9.18 Å². The molecule has 1 aliphatic rings. The summed E-state index contributed by atoms with van der Waals surface area (Å²) in [7, 11) is 0. The predicted molar refractivity (Wildman–Crippen MR) is 112 cm³/mol. The molecule has 0 saturated heterocycles. The van der Waals surface area contributed by atoms with E-state index in [1.807, 2.05) is 0 Å². The first-order chi connectivity index (χ1) is 14.5. The van der Waals surface area contributed by atoms with E-state index in [0.717, 1.165) is 37.3 Å². The van der Waals surface area contributed by atoms with Crippen LogP contribution in [0.3, 0.4) is 0 Å². The highest BCUT2D eigenvalue weighted by molar-refractivity contribution is 5.98. The van der Waals surface area contributed by atoms with Crippen LogP contribution in [0.4, 0.5) is 21.7 Å². The largest absolute Gasteiger partial charge is 0.365 e. The fourth-order valence-electron chi connectivity index (χ4n) is 3.58. The van der Waals surface area contributed by atoms with Gasteiger partial charge in [0.05, 0.1) is 17.5 Å². The van der Waals surface area contributed by atoms with Crippen molar-refractivity contribution in [3.05, 3.63) is 48.2 Å². The van der Waals surface area contributed by atoms with Gasteiger partial charge in [-0.05, 0) is 31.0 Å². The van der Waals surface area contributed by atoms with Gasteiger partial charge in [0.2, 0.25) is 0 Å².